The van der Waals surface area contributed by atoms with Crippen LogP contribution in [-0.4, -0.2) is 56.9 Å². The van der Waals surface area contributed by atoms with E-state index in [4.69, 9.17) is 21.4 Å². The van der Waals surface area contributed by atoms with Gasteiger partial charge >= 0.3 is 0 Å². The number of rotatable bonds is 2. The number of pyridine rings is 1. The Hall–Kier alpha value is -2.38. The standard InChI is InChI=1S/C23H26ClN5O2/c24-18-14-26-21-17(18)11-16(13-25-21)19-12-20-23(5-8-29(20)27-19)3-6-28(7-4-23)22(30)15-1-9-31-10-2-15/h11-15H,1-10H2,(H,25,26). The fraction of sp³-hybridized carbons (Fsp3) is 0.522. The molecule has 3 aromatic rings. The van der Waals surface area contributed by atoms with Crippen molar-refractivity contribution in [1.82, 2.24) is 24.6 Å². The summed E-state index contributed by atoms with van der Waals surface area (Å²) in [6.07, 6.45) is 8.47. The molecule has 3 aliphatic heterocycles. The average Bonchev–Trinajstić information content (AvgIpc) is 3.50. The van der Waals surface area contributed by atoms with Crippen LogP contribution in [0.3, 0.4) is 0 Å². The highest BCUT2D eigenvalue weighted by molar-refractivity contribution is 6.35. The molecule has 3 aliphatic rings. The maximum Gasteiger partial charge on any atom is 0.225 e. The Kier molecular flexibility index (Phi) is 4.58. The molecule has 1 spiro atoms. The lowest BCUT2D eigenvalue weighted by atomic mass is 9.74. The van der Waals surface area contributed by atoms with Gasteiger partial charge < -0.3 is 14.6 Å². The number of aryl methyl sites for hydroxylation is 1. The Morgan fingerprint density at radius 2 is 1.94 bits per heavy atom. The molecular formula is C23H26ClN5O2. The van der Waals surface area contributed by atoms with Crippen LogP contribution in [0.15, 0.2) is 24.5 Å². The second-order valence-corrected chi connectivity index (χ2v) is 9.54. The van der Waals surface area contributed by atoms with Crippen LogP contribution < -0.4 is 0 Å². The molecule has 2 fully saturated rings. The maximum absolute atomic E-state index is 12.9. The lowest BCUT2D eigenvalue weighted by Crippen LogP contribution is -2.47. The molecule has 6 heterocycles. The zero-order valence-corrected chi connectivity index (χ0v) is 18.2. The fourth-order valence-corrected chi connectivity index (χ4v) is 5.78. The Morgan fingerprint density at radius 1 is 1.16 bits per heavy atom. The lowest BCUT2D eigenvalue weighted by Gasteiger charge is -2.40. The van der Waals surface area contributed by atoms with Crippen LogP contribution in [-0.2, 0) is 21.5 Å². The van der Waals surface area contributed by atoms with Crippen molar-refractivity contribution in [3.63, 3.8) is 0 Å². The smallest absolute Gasteiger partial charge is 0.225 e. The molecule has 0 atom stereocenters. The van der Waals surface area contributed by atoms with E-state index in [0.717, 1.165) is 74.0 Å². The van der Waals surface area contributed by atoms with Crippen molar-refractivity contribution in [2.24, 2.45) is 5.92 Å². The summed E-state index contributed by atoms with van der Waals surface area (Å²) < 4.78 is 7.58. The number of aromatic amines is 1. The van der Waals surface area contributed by atoms with E-state index in [9.17, 15) is 4.79 Å². The van der Waals surface area contributed by atoms with E-state index in [1.54, 1.807) is 6.20 Å². The summed E-state index contributed by atoms with van der Waals surface area (Å²) in [7, 11) is 0. The molecule has 1 N–H and O–H groups in total. The number of hydrogen-bond acceptors (Lipinski definition) is 4. The molecule has 0 aliphatic carbocycles. The second-order valence-electron chi connectivity index (χ2n) is 9.14. The number of ether oxygens (including phenoxy) is 1. The van der Waals surface area contributed by atoms with Gasteiger partial charge in [0.05, 0.1) is 10.7 Å². The number of fused-ring (bicyclic) bond motifs is 3. The molecule has 7 nitrogen and oxygen atoms in total. The highest BCUT2D eigenvalue weighted by Gasteiger charge is 2.44. The number of hydrogen-bond donors (Lipinski definition) is 1. The molecule has 0 unspecified atom stereocenters. The maximum atomic E-state index is 12.9. The summed E-state index contributed by atoms with van der Waals surface area (Å²) in [5.41, 5.74) is 4.15. The Bertz CT molecular complexity index is 1140. The Morgan fingerprint density at radius 3 is 2.74 bits per heavy atom. The van der Waals surface area contributed by atoms with Gasteiger partial charge in [-0.3, -0.25) is 9.48 Å². The van der Waals surface area contributed by atoms with E-state index in [1.807, 2.05) is 6.20 Å². The number of carbonyl (C=O) groups is 1. The third-order valence-electron chi connectivity index (χ3n) is 7.50. The van der Waals surface area contributed by atoms with E-state index < -0.39 is 0 Å². The molecule has 31 heavy (non-hydrogen) atoms. The van der Waals surface area contributed by atoms with E-state index in [-0.39, 0.29) is 11.3 Å². The molecule has 2 saturated heterocycles. The number of halogens is 1. The number of nitrogens with one attached hydrogen (secondary N) is 1. The van der Waals surface area contributed by atoms with Gasteiger partial charge in [-0.1, -0.05) is 11.6 Å². The second kappa shape index (κ2) is 7.35. The summed E-state index contributed by atoms with van der Waals surface area (Å²) in [5, 5.41) is 6.48. The van der Waals surface area contributed by atoms with Crippen molar-refractivity contribution >= 4 is 28.5 Å². The zero-order chi connectivity index (χ0) is 21.0. The third-order valence-corrected chi connectivity index (χ3v) is 7.82. The molecule has 0 saturated carbocycles. The van der Waals surface area contributed by atoms with Gasteiger partial charge in [0.25, 0.3) is 0 Å². The summed E-state index contributed by atoms with van der Waals surface area (Å²) in [5.74, 6) is 0.472. The van der Waals surface area contributed by atoms with Gasteiger partial charge in [-0.05, 0) is 44.2 Å². The van der Waals surface area contributed by atoms with Crippen molar-refractivity contribution in [1.29, 1.82) is 0 Å². The first-order chi connectivity index (χ1) is 15.1. The van der Waals surface area contributed by atoms with Crippen LogP contribution in [0.4, 0.5) is 0 Å². The zero-order valence-electron chi connectivity index (χ0n) is 17.4. The molecule has 162 valence electrons. The first-order valence-corrected chi connectivity index (χ1v) is 11.6. The normalized spacial score (nSPS) is 21.1. The summed E-state index contributed by atoms with van der Waals surface area (Å²) >= 11 is 6.28. The molecule has 0 radical (unpaired) electrons. The van der Waals surface area contributed by atoms with Crippen LogP contribution in [0.1, 0.15) is 37.8 Å². The Balaban J connectivity index is 1.22. The van der Waals surface area contributed by atoms with Gasteiger partial charge in [0.15, 0.2) is 0 Å². The van der Waals surface area contributed by atoms with Crippen LogP contribution in [0.25, 0.3) is 22.3 Å². The lowest BCUT2D eigenvalue weighted by molar-refractivity contribution is -0.140. The minimum Gasteiger partial charge on any atom is -0.381 e. The highest BCUT2D eigenvalue weighted by Crippen LogP contribution is 2.45. The molecule has 1 amide bonds. The van der Waals surface area contributed by atoms with Gasteiger partial charge in [-0.25, -0.2) is 4.98 Å². The van der Waals surface area contributed by atoms with Gasteiger partial charge in [-0.2, -0.15) is 5.10 Å². The van der Waals surface area contributed by atoms with Crippen molar-refractivity contribution in [3.05, 3.63) is 35.2 Å². The molecule has 6 rings (SSSR count). The van der Waals surface area contributed by atoms with Crippen molar-refractivity contribution < 1.29 is 9.53 Å². The first kappa shape index (κ1) is 19.3. The van der Waals surface area contributed by atoms with E-state index in [1.165, 1.54) is 5.69 Å². The summed E-state index contributed by atoms with van der Waals surface area (Å²) in [6, 6.07) is 4.29. The molecule has 3 aromatic heterocycles. The predicted octanol–water partition coefficient (Wildman–Crippen LogP) is 3.77. The van der Waals surface area contributed by atoms with Crippen molar-refractivity contribution in [2.75, 3.05) is 26.3 Å². The van der Waals surface area contributed by atoms with Crippen LogP contribution in [0.5, 0.6) is 0 Å². The van der Waals surface area contributed by atoms with Crippen molar-refractivity contribution in [2.45, 2.75) is 44.1 Å². The number of amides is 1. The largest absolute Gasteiger partial charge is 0.381 e. The van der Waals surface area contributed by atoms with Crippen LogP contribution >= 0.6 is 11.6 Å². The SMILES string of the molecule is O=C(C1CCOCC1)N1CCC2(CC1)CCn1nc(-c3cnc4[nH]cc(Cl)c4c3)cc12. The topological polar surface area (TPSA) is 76.0 Å². The number of piperidine rings is 1. The number of H-pyrrole nitrogens is 1. The number of likely N-dealkylation sites (tertiary alicyclic amines) is 1. The first-order valence-electron chi connectivity index (χ1n) is 11.2. The Labute approximate surface area is 185 Å². The van der Waals surface area contributed by atoms with Gasteiger partial charge in [0.1, 0.15) is 5.65 Å². The minimum atomic E-state index is 0.126. The van der Waals surface area contributed by atoms with Gasteiger partial charge in [0.2, 0.25) is 5.91 Å². The number of nitrogens with zero attached hydrogens (tertiary/aromatic N) is 4. The predicted molar refractivity (Wildman–Crippen MR) is 118 cm³/mol. The average molecular weight is 440 g/mol. The van der Waals surface area contributed by atoms with E-state index in [0.29, 0.717) is 24.1 Å². The third kappa shape index (κ3) is 3.17. The van der Waals surface area contributed by atoms with E-state index in [2.05, 4.69) is 31.7 Å². The molecule has 8 heteroatoms. The van der Waals surface area contributed by atoms with Crippen molar-refractivity contribution in [3.8, 4) is 11.3 Å². The van der Waals surface area contributed by atoms with Crippen LogP contribution in [0.2, 0.25) is 5.02 Å². The number of aromatic nitrogens is 4. The van der Waals surface area contributed by atoms with E-state index >= 15 is 0 Å². The van der Waals surface area contributed by atoms with Crippen LogP contribution in [0, 0.1) is 5.92 Å². The molecule has 0 bridgehead atoms. The fourth-order valence-electron chi connectivity index (χ4n) is 5.58. The molecule has 0 aromatic carbocycles. The highest BCUT2D eigenvalue weighted by atomic mass is 35.5. The quantitative estimate of drug-likeness (QED) is 0.659. The summed E-state index contributed by atoms with van der Waals surface area (Å²) in [4.78, 5) is 22.6. The van der Waals surface area contributed by atoms with Gasteiger partial charge in [-0.15, -0.1) is 0 Å². The minimum absolute atomic E-state index is 0.126. The monoisotopic (exact) mass is 439 g/mol. The number of carbonyl (C=O) groups excluding carboxylic acids is 1. The summed E-state index contributed by atoms with van der Waals surface area (Å²) in [6.45, 7) is 4.03. The van der Waals surface area contributed by atoms with Gasteiger partial charge in [0, 0.05) is 73.2 Å². The molecular weight excluding hydrogens is 414 g/mol.